The van der Waals surface area contributed by atoms with E-state index in [2.05, 4.69) is 14.7 Å². The fourth-order valence-electron chi connectivity index (χ4n) is 3.45. The minimum Gasteiger partial charge on any atom is -0.489 e. The average molecular weight is 495 g/mol. The molecule has 0 aliphatic carbocycles. The van der Waals surface area contributed by atoms with Crippen molar-refractivity contribution in [1.29, 1.82) is 0 Å². The molecule has 1 N–H and O–H groups in total. The number of carbonyl (C=O) groups is 1. The first-order chi connectivity index (χ1) is 16.0. The van der Waals surface area contributed by atoms with E-state index in [1.165, 1.54) is 32.2 Å². The van der Waals surface area contributed by atoms with E-state index in [9.17, 15) is 23.1 Å². The highest BCUT2D eigenvalue weighted by atomic mass is 35.5. The number of carbonyl (C=O) groups excluding carboxylic acids is 1. The van der Waals surface area contributed by atoms with Crippen LogP contribution in [0.2, 0.25) is 5.02 Å². The molecule has 1 heterocycles. The van der Waals surface area contributed by atoms with E-state index in [0.29, 0.717) is 22.6 Å². The molecule has 2 aromatic carbocycles. The van der Waals surface area contributed by atoms with Crippen LogP contribution in [0.15, 0.2) is 54.9 Å². The average Bonchev–Trinajstić information content (AvgIpc) is 2.81. The maximum atomic E-state index is 14.0. The number of aromatic nitrogens is 2. The minimum atomic E-state index is -5.04. The minimum absolute atomic E-state index is 0.0175. The lowest BCUT2D eigenvalue weighted by molar-refractivity contribution is -0.276. The van der Waals surface area contributed by atoms with Crippen LogP contribution in [-0.2, 0) is 16.9 Å². The maximum absolute atomic E-state index is 14.0. The third-order valence-corrected chi connectivity index (χ3v) is 5.75. The number of hydrogen-bond donors (Lipinski definition) is 1. The fourth-order valence-corrected chi connectivity index (χ4v) is 3.78. The Hall–Kier alpha value is -3.17. The quantitative estimate of drug-likeness (QED) is 0.445. The molecule has 180 valence electrons. The predicted molar refractivity (Wildman–Crippen MR) is 119 cm³/mol. The summed E-state index contributed by atoms with van der Waals surface area (Å²) < 4.78 is 52.5. The van der Waals surface area contributed by atoms with E-state index >= 15 is 0 Å². The van der Waals surface area contributed by atoms with Crippen LogP contribution in [0, 0.1) is 6.92 Å². The molecule has 2 unspecified atom stereocenters. The normalized spacial score (nSPS) is 14.2. The molecule has 0 spiro atoms. The SMILES string of the molecule is COC(=O)c1cccc(COc2ccc(C(C)C(O)(c3cnc(C)cn3)C(F)(F)F)c(Cl)c2)c1. The van der Waals surface area contributed by atoms with Gasteiger partial charge in [0.2, 0.25) is 5.60 Å². The number of hydrogen-bond acceptors (Lipinski definition) is 6. The summed E-state index contributed by atoms with van der Waals surface area (Å²) in [4.78, 5) is 19.3. The molecule has 0 aliphatic rings. The zero-order chi connectivity index (χ0) is 25.1. The Balaban J connectivity index is 1.84. The van der Waals surface area contributed by atoms with Crippen LogP contribution in [0.3, 0.4) is 0 Å². The van der Waals surface area contributed by atoms with Gasteiger partial charge in [-0.05, 0) is 42.3 Å². The lowest BCUT2D eigenvalue weighted by atomic mass is 9.80. The van der Waals surface area contributed by atoms with Crippen LogP contribution >= 0.6 is 11.6 Å². The van der Waals surface area contributed by atoms with Gasteiger partial charge in [-0.2, -0.15) is 13.2 Å². The zero-order valence-corrected chi connectivity index (χ0v) is 19.3. The maximum Gasteiger partial charge on any atom is 0.423 e. The van der Waals surface area contributed by atoms with E-state index < -0.39 is 29.4 Å². The smallest absolute Gasteiger partial charge is 0.423 e. The summed E-state index contributed by atoms with van der Waals surface area (Å²) in [5.74, 6) is -1.68. The lowest BCUT2D eigenvalue weighted by Gasteiger charge is -2.35. The van der Waals surface area contributed by atoms with Gasteiger partial charge < -0.3 is 14.6 Å². The van der Waals surface area contributed by atoms with Gasteiger partial charge in [-0.3, -0.25) is 9.97 Å². The second kappa shape index (κ2) is 9.99. The van der Waals surface area contributed by atoms with Crippen LogP contribution in [-0.4, -0.2) is 34.3 Å². The van der Waals surface area contributed by atoms with Crippen molar-refractivity contribution in [2.24, 2.45) is 0 Å². The zero-order valence-electron chi connectivity index (χ0n) is 18.6. The van der Waals surface area contributed by atoms with Gasteiger partial charge in [0.15, 0.2) is 0 Å². The van der Waals surface area contributed by atoms with Crippen LogP contribution in [0.1, 0.15) is 45.7 Å². The van der Waals surface area contributed by atoms with Gasteiger partial charge in [-0.1, -0.05) is 36.7 Å². The van der Waals surface area contributed by atoms with Gasteiger partial charge in [-0.25, -0.2) is 4.79 Å². The van der Waals surface area contributed by atoms with Crippen molar-refractivity contribution >= 4 is 17.6 Å². The van der Waals surface area contributed by atoms with Crippen LogP contribution < -0.4 is 4.74 Å². The third kappa shape index (κ3) is 5.15. The van der Waals surface area contributed by atoms with Gasteiger partial charge in [0, 0.05) is 17.1 Å². The van der Waals surface area contributed by atoms with Crippen molar-refractivity contribution in [3.8, 4) is 5.75 Å². The Morgan fingerprint density at radius 3 is 2.47 bits per heavy atom. The molecular weight excluding hydrogens is 473 g/mol. The Kier molecular flexibility index (Phi) is 7.48. The number of halogens is 4. The molecule has 34 heavy (non-hydrogen) atoms. The van der Waals surface area contributed by atoms with Crippen LogP contribution in [0.5, 0.6) is 5.75 Å². The number of aryl methyl sites for hydroxylation is 1. The molecule has 2 atom stereocenters. The van der Waals surface area contributed by atoms with Crippen LogP contribution in [0.25, 0.3) is 0 Å². The molecule has 0 aliphatic heterocycles. The third-order valence-electron chi connectivity index (χ3n) is 5.42. The molecular formula is C24H22ClF3N2O4. The number of aliphatic hydroxyl groups is 1. The highest BCUT2D eigenvalue weighted by Crippen LogP contribution is 2.49. The van der Waals surface area contributed by atoms with Crippen molar-refractivity contribution in [1.82, 2.24) is 9.97 Å². The van der Waals surface area contributed by atoms with Crippen LogP contribution in [0.4, 0.5) is 13.2 Å². The molecule has 3 rings (SSSR count). The molecule has 0 bridgehead atoms. The van der Waals surface area contributed by atoms with E-state index in [-0.39, 0.29) is 17.2 Å². The summed E-state index contributed by atoms with van der Waals surface area (Å²) in [5, 5.41) is 10.8. The van der Waals surface area contributed by atoms with Crippen molar-refractivity contribution in [3.63, 3.8) is 0 Å². The van der Waals surface area contributed by atoms with E-state index in [1.807, 2.05) is 0 Å². The molecule has 1 aromatic heterocycles. The summed E-state index contributed by atoms with van der Waals surface area (Å²) in [5.41, 5.74) is -2.42. The van der Waals surface area contributed by atoms with E-state index in [1.54, 1.807) is 31.2 Å². The Bertz CT molecular complexity index is 1170. The number of ether oxygens (including phenoxy) is 2. The largest absolute Gasteiger partial charge is 0.489 e. The molecule has 3 aromatic rings. The number of esters is 1. The highest BCUT2D eigenvalue weighted by Gasteiger charge is 2.60. The predicted octanol–water partition coefficient (Wildman–Crippen LogP) is 5.36. The summed E-state index contributed by atoms with van der Waals surface area (Å²) in [6.07, 6.45) is -2.97. The standard InChI is InChI=1S/C24H22ClF3N2O4/c1-14-11-30-21(12-29-14)23(32,24(26,27)28)15(2)19-8-7-18(10-20(19)25)34-13-16-5-4-6-17(9-16)22(31)33-3/h4-12,15,32H,13H2,1-3H3. The van der Waals surface area contributed by atoms with Crippen molar-refractivity contribution in [2.75, 3.05) is 7.11 Å². The summed E-state index contributed by atoms with van der Waals surface area (Å²) in [7, 11) is 1.28. The van der Waals surface area contributed by atoms with E-state index in [0.717, 1.165) is 12.4 Å². The first kappa shape index (κ1) is 25.5. The Morgan fingerprint density at radius 1 is 1.15 bits per heavy atom. The topological polar surface area (TPSA) is 81.5 Å². The fraction of sp³-hybridized carbons (Fsp3) is 0.292. The summed E-state index contributed by atoms with van der Waals surface area (Å²) in [6, 6.07) is 10.8. The Morgan fingerprint density at radius 2 is 1.88 bits per heavy atom. The molecule has 0 saturated carbocycles. The van der Waals surface area contributed by atoms with Gasteiger partial charge in [0.1, 0.15) is 18.1 Å². The van der Waals surface area contributed by atoms with Crippen molar-refractivity contribution < 1.29 is 32.5 Å². The second-order valence-electron chi connectivity index (χ2n) is 7.69. The molecule has 0 fully saturated rings. The number of benzene rings is 2. The monoisotopic (exact) mass is 494 g/mol. The first-order valence-corrected chi connectivity index (χ1v) is 10.5. The number of nitrogens with zero attached hydrogens (tertiary/aromatic N) is 2. The molecule has 0 amide bonds. The van der Waals surface area contributed by atoms with Gasteiger partial charge in [0.25, 0.3) is 0 Å². The van der Waals surface area contributed by atoms with Gasteiger partial charge >= 0.3 is 12.1 Å². The van der Waals surface area contributed by atoms with Crippen molar-refractivity contribution in [2.45, 2.75) is 38.1 Å². The number of alkyl halides is 3. The first-order valence-electron chi connectivity index (χ1n) is 10.1. The molecule has 10 heteroatoms. The molecule has 6 nitrogen and oxygen atoms in total. The second-order valence-corrected chi connectivity index (χ2v) is 8.10. The number of methoxy groups -OCH3 is 1. The van der Waals surface area contributed by atoms with Gasteiger partial charge in [-0.15, -0.1) is 0 Å². The highest BCUT2D eigenvalue weighted by molar-refractivity contribution is 6.31. The Labute approximate surface area is 199 Å². The molecule has 0 saturated heterocycles. The number of rotatable bonds is 7. The molecule has 0 radical (unpaired) electrons. The lowest BCUT2D eigenvalue weighted by Crippen LogP contribution is -2.47. The summed E-state index contributed by atoms with van der Waals surface area (Å²) >= 11 is 6.30. The summed E-state index contributed by atoms with van der Waals surface area (Å²) in [6.45, 7) is 2.88. The van der Waals surface area contributed by atoms with Crippen molar-refractivity contribution in [3.05, 3.63) is 88.0 Å². The van der Waals surface area contributed by atoms with E-state index in [4.69, 9.17) is 16.3 Å². The van der Waals surface area contributed by atoms with Gasteiger partial charge in [0.05, 0.1) is 24.6 Å².